The van der Waals surface area contributed by atoms with Gasteiger partial charge < -0.3 is 5.32 Å². The summed E-state index contributed by atoms with van der Waals surface area (Å²) in [6, 6.07) is 3.58. The number of nitrogens with zero attached hydrogens (tertiary/aromatic N) is 3. The van der Waals surface area contributed by atoms with Crippen molar-refractivity contribution in [1.29, 1.82) is 0 Å². The first-order valence-electron chi connectivity index (χ1n) is 6.17. The van der Waals surface area contributed by atoms with Crippen LogP contribution in [0.15, 0.2) is 18.3 Å². The molecule has 1 aromatic heterocycles. The Morgan fingerprint density at radius 2 is 2.16 bits per heavy atom. The number of hydrogen-bond acceptors (Lipinski definition) is 5. The molecule has 1 rings (SSSR count). The minimum atomic E-state index is -3.56. The molecule has 0 saturated carbocycles. The fraction of sp³-hybridized carbons (Fsp3) is 0.636. The Labute approximate surface area is 114 Å². The van der Waals surface area contributed by atoms with E-state index >= 15 is 0 Å². The molecule has 0 atom stereocenters. The monoisotopic (exact) mass is 287 g/mol. The van der Waals surface area contributed by atoms with Crippen molar-refractivity contribution in [2.75, 3.05) is 24.9 Å². The summed E-state index contributed by atoms with van der Waals surface area (Å²) in [5.41, 5.74) is 0. The molecule has 1 heterocycles. The highest BCUT2D eigenvalue weighted by molar-refractivity contribution is 7.90. The zero-order valence-electron chi connectivity index (χ0n) is 11.5. The van der Waals surface area contributed by atoms with Gasteiger partial charge >= 0.3 is 10.2 Å². The predicted molar refractivity (Wildman–Crippen MR) is 75.0 cm³/mol. The molecule has 8 heteroatoms. The van der Waals surface area contributed by atoms with Crippen LogP contribution in [0.3, 0.4) is 0 Å². The lowest BCUT2D eigenvalue weighted by atomic mass is 10.3. The van der Waals surface area contributed by atoms with Gasteiger partial charge in [-0.1, -0.05) is 13.8 Å². The van der Waals surface area contributed by atoms with Crippen molar-refractivity contribution in [1.82, 2.24) is 19.8 Å². The van der Waals surface area contributed by atoms with Gasteiger partial charge in [0.15, 0.2) is 5.82 Å². The molecule has 7 nitrogen and oxygen atoms in total. The molecule has 1 aromatic rings. The van der Waals surface area contributed by atoms with E-state index in [9.17, 15) is 8.42 Å². The maximum atomic E-state index is 12.0. The van der Waals surface area contributed by atoms with Gasteiger partial charge in [-0.2, -0.15) is 17.8 Å². The standard InChI is InChI=1S/C11H21N5O2S/c1-10(2)12-7-5-9-16(3)19(17,18)15-11-6-4-8-13-14-11/h4,6,8,10,12H,5,7,9H2,1-3H3,(H,14,15). The van der Waals surface area contributed by atoms with Crippen LogP contribution in [0.2, 0.25) is 0 Å². The van der Waals surface area contributed by atoms with Crippen molar-refractivity contribution < 1.29 is 8.42 Å². The zero-order chi connectivity index (χ0) is 14.3. The quantitative estimate of drug-likeness (QED) is 0.678. The molecule has 0 radical (unpaired) electrons. The highest BCUT2D eigenvalue weighted by atomic mass is 32.2. The molecule has 0 fully saturated rings. The van der Waals surface area contributed by atoms with Gasteiger partial charge in [-0.25, -0.2) is 0 Å². The topological polar surface area (TPSA) is 87.2 Å². The summed E-state index contributed by atoms with van der Waals surface area (Å²) in [6.07, 6.45) is 2.23. The molecule has 108 valence electrons. The molecule has 0 aliphatic rings. The van der Waals surface area contributed by atoms with Crippen LogP contribution in [0.1, 0.15) is 20.3 Å². The fourth-order valence-electron chi connectivity index (χ4n) is 1.38. The number of hydrogen-bond donors (Lipinski definition) is 2. The molecule has 0 amide bonds. The molecule has 0 unspecified atom stereocenters. The Kier molecular flexibility index (Phi) is 6.13. The third-order valence-corrected chi connectivity index (χ3v) is 3.89. The second kappa shape index (κ2) is 7.37. The minimum absolute atomic E-state index is 0.217. The summed E-state index contributed by atoms with van der Waals surface area (Å²) in [7, 11) is -2.03. The SMILES string of the molecule is CC(C)NCCCN(C)S(=O)(=O)Nc1cccnn1. The summed E-state index contributed by atoms with van der Waals surface area (Å²) in [5.74, 6) is 0.217. The first-order chi connectivity index (χ1) is 8.92. The van der Waals surface area contributed by atoms with Gasteiger partial charge in [-0.15, -0.1) is 5.10 Å². The van der Waals surface area contributed by atoms with E-state index in [0.29, 0.717) is 12.6 Å². The summed E-state index contributed by atoms with van der Waals surface area (Å²) < 4.78 is 27.5. The van der Waals surface area contributed by atoms with Crippen LogP contribution in [0.4, 0.5) is 5.82 Å². The molecular weight excluding hydrogens is 266 g/mol. The second-order valence-electron chi connectivity index (χ2n) is 4.50. The molecule has 0 bridgehead atoms. The van der Waals surface area contributed by atoms with Crippen molar-refractivity contribution >= 4 is 16.0 Å². The molecule has 0 saturated heterocycles. The molecule has 0 spiro atoms. The third-order valence-electron chi connectivity index (χ3n) is 2.42. The van der Waals surface area contributed by atoms with Gasteiger partial charge in [-0.05, 0) is 25.1 Å². The van der Waals surface area contributed by atoms with Crippen molar-refractivity contribution in [3.05, 3.63) is 18.3 Å². The average Bonchev–Trinajstić information content (AvgIpc) is 2.34. The number of rotatable bonds is 8. The summed E-state index contributed by atoms with van der Waals surface area (Å²) in [5, 5.41) is 10.5. The summed E-state index contributed by atoms with van der Waals surface area (Å²) >= 11 is 0. The van der Waals surface area contributed by atoms with Crippen LogP contribution in [-0.4, -0.2) is 49.1 Å². The van der Waals surface area contributed by atoms with E-state index < -0.39 is 10.2 Å². The largest absolute Gasteiger partial charge is 0.314 e. The highest BCUT2D eigenvalue weighted by Gasteiger charge is 2.17. The van der Waals surface area contributed by atoms with E-state index in [-0.39, 0.29) is 5.82 Å². The van der Waals surface area contributed by atoms with Gasteiger partial charge in [0.25, 0.3) is 0 Å². The van der Waals surface area contributed by atoms with Gasteiger partial charge in [0.05, 0.1) is 0 Å². The molecule has 0 aromatic carbocycles. The fourth-order valence-corrected chi connectivity index (χ4v) is 2.28. The summed E-state index contributed by atoms with van der Waals surface area (Å²) in [6.45, 7) is 5.32. The van der Waals surface area contributed by atoms with Gasteiger partial charge in [0, 0.05) is 25.8 Å². The van der Waals surface area contributed by atoms with Crippen LogP contribution in [0.25, 0.3) is 0 Å². The Balaban J connectivity index is 2.44. The van der Waals surface area contributed by atoms with Crippen LogP contribution in [0, 0.1) is 0 Å². The minimum Gasteiger partial charge on any atom is -0.314 e. The van der Waals surface area contributed by atoms with Gasteiger partial charge in [-0.3, -0.25) is 4.72 Å². The van der Waals surface area contributed by atoms with Gasteiger partial charge in [0.1, 0.15) is 0 Å². The van der Waals surface area contributed by atoms with Crippen molar-refractivity contribution in [2.24, 2.45) is 0 Å². The van der Waals surface area contributed by atoms with Crippen molar-refractivity contribution in [3.8, 4) is 0 Å². The first kappa shape index (κ1) is 15.8. The van der Waals surface area contributed by atoms with Crippen molar-refractivity contribution in [2.45, 2.75) is 26.3 Å². The Morgan fingerprint density at radius 1 is 1.42 bits per heavy atom. The smallest absolute Gasteiger partial charge is 0.302 e. The highest BCUT2D eigenvalue weighted by Crippen LogP contribution is 2.05. The third kappa shape index (κ3) is 5.95. The van der Waals surface area contributed by atoms with Crippen LogP contribution < -0.4 is 10.0 Å². The number of aromatic nitrogens is 2. The van der Waals surface area contributed by atoms with Crippen LogP contribution in [-0.2, 0) is 10.2 Å². The molecule has 0 aliphatic heterocycles. The molecule has 19 heavy (non-hydrogen) atoms. The van der Waals surface area contributed by atoms with Gasteiger partial charge in [0.2, 0.25) is 0 Å². The lowest BCUT2D eigenvalue weighted by Gasteiger charge is -2.18. The predicted octanol–water partition coefficient (Wildman–Crippen LogP) is 0.453. The number of anilines is 1. The second-order valence-corrected chi connectivity index (χ2v) is 6.28. The zero-order valence-corrected chi connectivity index (χ0v) is 12.3. The lowest BCUT2D eigenvalue weighted by Crippen LogP contribution is -2.35. The van der Waals surface area contributed by atoms with Crippen LogP contribution >= 0.6 is 0 Å². The van der Waals surface area contributed by atoms with E-state index in [2.05, 4.69) is 34.1 Å². The molecule has 0 aliphatic carbocycles. The average molecular weight is 287 g/mol. The Hall–Kier alpha value is -1.25. The normalized spacial score (nSPS) is 12.1. The Morgan fingerprint density at radius 3 is 2.74 bits per heavy atom. The van der Waals surface area contributed by atoms with E-state index in [1.54, 1.807) is 12.1 Å². The lowest BCUT2D eigenvalue weighted by molar-refractivity contribution is 0.451. The maximum Gasteiger partial charge on any atom is 0.302 e. The first-order valence-corrected chi connectivity index (χ1v) is 7.61. The van der Waals surface area contributed by atoms with E-state index in [1.807, 2.05) is 0 Å². The van der Waals surface area contributed by atoms with Crippen molar-refractivity contribution in [3.63, 3.8) is 0 Å². The molecule has 2 N–H and O–H groups in total. The maximum absolute atomic E-state index is 12.0. The number of nitrogens with one attached hydrogen (secondary N) is 2. The molecular formula is C11H21N5O2S. The van der Waals surface area contributed by atoms with E-state index in [1.165, 1.54) is 17.5 Å². The Bertz CT molecular complexity index is 463. The van der Waals surface area contributed by atoms with E-state index in [0.717, 1.165) is 13.0 Å². The summed E-state index contributed by atoms with van der Waals surface area (Å²) in [4.78, 5) is 0. The van der Waals surface area contributed by atoms with Crippen LogP contribution in [0.5, 0.6) is 0 Å². The van der Waals surface area contributed by atoms with E-state index in [4.69, 9.17) is 0 Å².